The number of hydrogen-bond acceptors (Lipinski definition) is 2. The van der Waals surface area contributed by atoms with Gasteiger partial charge in [-0.15, -0.1) is 11.8 Å². The average molecular weight is 304 g/mol. The summed E-state index contributed by atoms with van der Waals surface area (Å²) in [7, 11) is 0. The summed E-state index contributed by atoms with van der Waals surface area (Å²) in [5.41, 5.74) is 1.86. The predicted molar refractivity (Wildman–Crippen MR) is 83.4 cm³/mol. The topological polar surface area (TPSA) is 29.1 Å². The maximum absolute atomic E-state index is 12.3. The summed E-state index contributed by atoms with van der Waals surface area (Å²) in [6, 6.07) is 15.3. The Kier molecular flexibility index (Phi) is 3.99. The zero-order valence-corrected chi connectivity index (χ0v) is 12.4. The van der Waals surface area contributed by atoms with Gasteiger partial charge in [-0.2, -0.15) is 0 Å². The quantitative estimate of drug-likeness (QED) is 0.896. The van der Waals surface area contributed by atoms with Crippen LogP contribution in [0.25, 0.3) is 0 Å². The molecule has 0 spiro atoms. The van der Waals surface area contributed by atoms with Gasteiger partial charge in [0.2, 0.25) is 0 Å². The maximum Gasteiger partial charge on any atom is 0.251 e. The second kappa shape index (κ2) is 5.90. The van der Waals surface area contributed by atoms with E-state index in [1.807, 2.05) is 23.9 Å². The monoisotopic (exact) mass is 303 g/mol. The van der Waals surface area contributed by atoms with Gasteiger partial charge in [-0.1, -0.05) is 29.8 Å². The minimum atomic E-state index is -0.0478. The van der Waals surface area contributed by atoms with Gasteiger partial charge in [0.25, 0.3) is 5.91 Å². The molecular weight excluding hydrogens is 290 g/mol. The molecule has 2 nitrogen and oxygen atoms in total. The molecule has 1 amide bonds. The number of carbonyl (C=O) groups excluding carboxylic acids is 1. The first kappa shape index (κ1) is 13.5. The molecule has 2 aromatic carbocycles. The fraction of sp³-hybridized carbons (Fsp3) is 0.188. The van der Waals surface area contributed by atoms with Gasteiger partial charge >= 0.3 is 0 Å². The molecule has 4 heteroatoms. The molecular formula is C16H14ClNOS. The first-order valence-electron chi connectivity index (χ1n) is 6.52. The standard InChI is InChI=1S/C16H14ClNOS/c17-12-7-5-11(6-8-12)16(19)18-14-9-10-20-15-4-2-1-3-13(14)15/h1-8,14H,9-10H2,(H,18,19)/t14-/m1/s1. The van der Waals surface area contributed by atoms with Crippen molar-refractivity contribution < 1.29 is 4.79 Å². The number of halogens is 1. The summed E-state index contributed by atoms with van der Waals surface area (Å²) in [4.78, 5) is 13.5. The number of thioether (sulfide) groups is 1. The van der Waals surface area contributed by atoms with Crippen LogP contribution < -0.4 is 5.32 Å². The first-order valence-corrected chi connectivity index (χ1v) is 7.88. The summed E-state index contributed by atoms with van der Waals surface area (Å²) >= 11 is 7.69. The molecule has 0 fully saturated rings. The van der Waals surface area contributed by atoms with Crippen LogP contribution in [0.2, 0.25) is 5.02 Å². The molecule has 0 bridgehead atoms. The number of benzene rings is 2. The molecule has 1 heterocycles. The fourth-order valence-corrected chi connectivity index (χ4v) is 3.59. The molecule has 0 unspecified atom stereocenters. The molecule has 1 atom stereocenters. The van der Waals surface area contributed by atoms with Crippen LogP contribution in [-0.2, 0) is 0 Å². The lowest BCUT2D eigenvalue weighted by atomic mass is 10.0. The Bertz CT molecular complexity index is 627. The van der Waals surface area contributed by atoms with E-state index >= 15 is 0 Å². The molecule has 1 aliphatic rings. The number of fused-ring (bicyclic) bond motifs is 1. The van der Waals surface area contributed by atoms with E-state index in [0.29, 0.717) is 10.6 Å². The third-order valence-corrected chi connectivity index (χ3v) is 4.74. The van der Waals surface area contributed by atoms with Crippen molar-refractivity contribution in [2.45, 2.75) is 17.4 Å². The summed E-state index contributed by atoms with van der Waals surface area (Å²) in [6.07, 6.45) is 0.959. The van der Waals surface area contributed by atoms with E-state index in [1.54, 1.807) is 24.3 Å². The number of nitrogens with one attached hydrogen (secondary N) is 1. The Labute approximate surface area is 127 Å². The van der Waals surface area contributed by atoms with Gasteiger partial charge in [0.1, 0.15) is 0 Å². The summed E-state index contributed by atoms with van der Waals surface area (Å²) in [5.74, 6) is 0.983. The van der Waals surface area contributed by atoms with E-state index in [1.165, 1.54) is 10.5 Å². The minimum Gasteiger partial charge on any atom is -0.345 e. The Morgan fingerprint density at radius 2 is 1.90 bits per heavy atom. The van der Waals surface area contributed by atoms with Crippen molar-refractivity contribution in [3.05, 3.63) is 64.7 Å². The smallest absolute Gasteiger partial charge is 0.251 e. The van der Waals surface area contributed by atoms with E-state index < -0.39 is 0 Å². The van der Waals surface area contributed by atoms with Crippen molar-refractivity contribution in [2.75, 3.05) is 5.75 Å². The lowest BCUT2D eigenvalue weighted by molar-refractivity contribution is 0.0935. The van der Waals surface area contributed by atoms with Crippen LogP contribution in [0.3, 0.4) is 0 Å². The third kappa shape index (κ3) is 2.84. The van der Waals surface area contributed by atoms with E-state index in [-0.39, 0.29) is 11.9 Å². The van der Waals surface area contributed by atoms with Crippen molar-refractivity contribution in [2.24, 2.45) is 0 Å². The van der Waals surface area contributed by atoms with Gasteiger partial charge < -0.3 is 5.32 Å². The van der Waals surface area contributed by atoms with E-state index in [0.717, 1.165) is 12.2 Å². The van der Waals surface area contributed by atoms with Crippen LogP contribution in [0.15, 0.2) is 53.4 Å². The van der Waals surface area contributed by atoms with E-state index in [4.69, 9.17) is 11.6 Å². The fourth-order valence-electron chi connectivity index (χ4n) is 2.33. The Balaban J connectivity index is 1.79. The zero-order valence-electron chi connectivity index (χ0n) is 10.8. The average Bonchev–Trinajstić information content (AvgIpc) is 2.48. The molecule has 1 N–H and O–H groups in total. The second-order valence-corrected chi connectivity index (χ2v) is 6.28. The first-order chi connectivity index (χ1) is 9.74. The van der Waals surface area contributed by atoms with Crippen molar-refractivity contribution >= 4 is 29.3 Å². The van der Waals surface area contributed by atoms with Gasteiger partial charge in [0.15, 0.2) is 0 Å². The highest BCUT2D eigenvalue weighted by Crippen LogP contribution is 2.35. The van der Waals surface area contributed by atoms with Gasteiger partial charge in [-0.25, -0.2) is 0 Å². The molecule has 0 saturated carbocycles. The SMILES string of the molecule is O=C(N[C@@H]1CCSc2ccccc21)c1ccc(Cl)cc1. The lowest BCUT2D eigenvalue weighted by Gasteiger charge is -2.25. The number of amides is 1. The molecule has 20 heavy (non-hydrogen) atoms. The number of hydrogen-bond donors (Lipinski definition) is 1. The molecule has 2 aromatic rings. The van der Waals surface area contributed by atoms with Crippen LogP contribution >= 0.6 is 23.4 Å². The normalized spacial score (nSPS) is 17.4. The highest BCUT2D eigenvalue weighted by atomic mass is 35.5. The lowest BCUT2D eigenvalue weighted by Crippen LogP contribution is -2.30. The van der Waals surface area contributed by atoms with Gasteiger partial charge in [-0.05, 0) is 42.3 Å². The van der Waals surface area contributed by atoms with E-state index in [2.05, 4.69) is 17.4 Å². The number of rotatable bonds is 2. The molecule has 3 rings (SSSR count). The Morgan fingerprint density at radius 3 is 2.70 bits per heavy atom. The van der Waals surface area contributed by atoms with Crippen molar-refractivity contribution in [3.63, 3.8) is 0 Å². The van der Waals surface area contributed by atoms with Gasteiger partial charge in [-0.3, -0.25) is 4.79 Å². The van der Waals surface area contributed by atoms with Crippen molar-refractivity contribution in [3.8, 4) is 0 Å². The van der Waals surface area contributed by atoms with Crippen LogP contribution in [0.4, 0.5) is 0 Å². The highest BCUT2D eigenvalue weighted by Gasteiger charge is 2.22. The third-order valence-electron chi connectivity index (χ3n) is 3.37. The van der Waals surface area contributed by atoms with Crippen LogP contribution in [0.5, 0.6) is 0 Å². The summed E-state index contributed by atoms with van der Waals surface area (Å²) in [5, 5.41) is 3.76. The van der Waals surface area contributed by atoms with Gasteiger partial charge in [0, 0.05) is 21.2 Å². The molecule has 0 saturated heterocycles. The summed E-state index contributed by atoms with van der Waals surface area (Å²) in [6.45, 7) is 0. The van der Waals surface area contributed by atoms with Crippen molar-refractivity contribution in [1.82, 2.24) is 5.32 Å². The highest BCUT2D eigenvalue weighted by molar-refractivity contribution is 7.99. The molecule has 1 aliphatic heterocycles. The van der Waals surface area contributed by atoms with Crippen LogP contribution in [-0.4, -0.2) is 11.7 Å². The maximum atomic E-state index is 12.3. The Hall–Kier alpha value is -1.45. The largest absolute Gasteiger partial charge is 0.345 e. The minimum absolute atomic E-state index is 0.0478. The van der Waals surface area contributed by atoms with Crippen molar-refractivity contribution in [1.29, 1.82) is 0 Å². The van der Waals surface area contributed by atoms with Gasteiger partial charge in [0.05, 0.1) is 6.04 Å². The molecule has 102 valence electrons. The molecule has 0 aromatic heterocycles. The number of carbonyl (C=O) groups is 1. The Morgan fingerprint density at radius 1 is 1.15 bits per heavy atom. The van der Waals surface area contributed by atoms with E-state index in [9.17, 15) is 4.79 Å². The van der Waals surface area contributed by atoms with Crippen LogP contribution in [0, 0.1) is 0 Å². The predicted octanol–water partition coefficient (Wildman–Crippen LogP) is 4.31. The molecule has 0 aliphatic carbocycles. The summed E-state index contributed by atoms with van der Waals surface area (Å²) < 4.78 is 0. The second-order valence-electron chi connectivity index (χ2n) is 4.71. The molecule has 0 radical (unpaired) electrons. The zero-order chi connectivity index (χ0) is 13.9. The van der Waals surface area contributed by atoms with Crippen LogP contribution in [0.1, 0.15) is 28.4 Å².